The maximum absolute atomic E-state index is 4.35. The van der Waals surface area contributed by atoms with Crippen LogP contribution in [0.25, 0.3) is 0 Å². The van der Waals surface area contributed by atoms with Crippen molar-refractivity contribution in [3.05, 3.63) is 59.3 Å². The maximum Gasteiger partial charge on any atom is 0.126 e. The Bertz CT molecular complexity index is 566. The van der Waals surface area contributed by atoms with Crippen LogP contribution in [0.2, 0.25) is 0 Å². The topological polar surface area (TPSA) is 28.2 Å². The monoisotopic (exact) mass is 283 g/mol. The van der Waals surface area contributed by atoms with Gasteiger partial charge in [0.1, 0.15) is 5.82 Å². The van der Waals surface area contributed by atoms with Gasteiger partial charge in [0.25, 0.3) is 0 Å². The van der Waals surface area contributed by atoms with Gasteiger partial charge in [-0.2, -0.15) is 0 Å². The molecule has 0 spiro atoms. The Balaban J connectivity index is 1.96. The average Bonchev–Trinajstić information content (AvgIpc) is 2.48. The Hall–Kier alpha value is -1.87. The quantitative estimate of drug-likeness (QED) is 0.836. The van der Waals surface area contributed by atoms with Crippen LogP contribution in [0, 0.1) is 6.92 Å². The van der Waals surface area contributed by atoms with E-state index in [1.54, 1.807) is 0 Å². The minimum Gasteiger partial charge on any atom is -0.370 e. The van der Waals surface area contributed by atoms with E-state index in [0.29, 0.717) is 0 Å². The molecule has 0 radical (unpaired) electrons. The fourth-order valence-corrected chi connectivity index (χ4v) is 2.37. The van der Waals surface area contributed by atoms with Gasteiger partial charge >= 0.3 is 0 Å². The van der Waals surface area contributed by atoms with Crippen molar-refractivity contribution in [3.63, 3.8) is 0 Å². The SMILES string of the molecule is CCCNc1cc(CN(C)Cc2ccccc2C)ccn1. The number of aryl methyl sites for hydroxylation is 1. The number of rotatable bonds is 7. The first-order chi connectivity index (χ1) is 10.2. The number of nitrogens with one attached hydrogen (secondary N) is 1. The second-order valence-corrected chi connectivity index (χ2v) is 5.57. The first-order valence-electron chi connectivity index (χ1n) is 7.61. The normalized spacial score (nSPS) is 10.9. The van der Waals surface area contributed by atoms with Crippen molar-refractivity contribution in [1.82, 2.24) is 9.88 Å². The van der Waals surface area contributed by atoms with Crippen LogP contribution in [0.1, 0.15) is 30.0 Å². The molecule has 3 heteroatoms. The molecule has 0 aliphatic rings. The van der Waals surface area contributed by atoms with E-state index in [1.165, 1.54) is 16.7 Å². The minimum atomic E-state index is 0.928. The first kappa shape index (κ1) is 15.5. The Morgan fingerprint density at radius 2 is 1.95 bits per heavy atom. The van der Waals surface area contributed by atoms with Crippen LogP contribution in [0.5, 0.6) is 0 Å². The highest BCUT2D eigenvalue weighted by atomic mass is 15.1. The van der Waals surface area contributed by atoms with Gasteiger partial charge in [-0.15, -0.1) is 0 Å². The summed E-state index contributed by atoms with van der Waals surface area (Å²) in [6.45, 7) is 7.19. The number of benzene rings is 1. The lowest BCUT2D eigenvalue weighted by atomic mass is 10.1. The van der Waals surface area contributed by atoms with E-state index in [0.717, 1.165) is 31.9 Å². The van der Waals surface area contributed by atoms with E-state index in [2.05, 4.69) is 72.5 Å². The summed E-state index contributed by atoms with van der Waals surface area (Å²) in [4.78, 5) is 6.69. The summed E-state index contributed by atoms with van der Waals surface area (Å²) in [6, 6.07) is 12.8. The van der Waals surface area contributed by atoms with E-state index in [4.69, 9.17) is 0 Å². The van der Waals surface area contributed by atoms with E-state index in [9.17, 15) is 0 Å². The molecule has 1 aromatic heterocycles. The van der Waals surface area contributed by atoms with Crippen LogP contribution in [-0.2, 0) is 13.1 Å². The summed E-state index contributed by atoms with van der Waals surface area (Å²) in [7, 11) is 2.16. The molecule has 2 rings (SSSR count). The zero-order chi connectivity index (χ0) is 15.1. The van der Waals surface area contributed by atoms with Crippen LogP contribution in [-0.4, -0.2) is 23.5 Å². The van der Waals surface area contributed by atoms with Crippen LogP contribution in [0.4, 0.5) is 5.82 Å². The third-order valence-electron chi connectivity index (χ3n) is 3.53. The predicted molar refractivity (Wildman–Crippen MR) is 89.4 cm³/mol. The third-order valence-corrected chi connectivity index (χ3v) is 3.53. The van der Waals surface area contributed by atoms with Gasteiger partial charge in [-0.3, -0.25) is 4.90 Å². The lowest BCUT2D eigenvalue weighted by molar-refractivity contribution is 0.318. The molecule has 0 atom stereocenters. The van der Waals surface area contributed by atoms with Gasteiger partial charge in [-0.05, 0) is 49.2 Å². The fourth-order valence-electron chi connectivity index (χ4n) is 2.37. The summed E-state index contributed by atoms with van der Waals surface area (Å²) >= 11 is 0. The third kappa shape index (κ3) is 4.87. The second kappa shape index (κ2) is 7.79. The van der Waals surface area contributed by atoms with Crippen molar-refractivity contribution in [2.45, 2.75) is 33.4 Å². The summed E-state index contributed by atoms with van der Waals surface area (Å²) in [5.74, 6) is 0.971. The molecule has 0 fully saturated rings. The maximum atomic E-state index is 4.35. The molecule has 0 bridgehead atoms. The molecule has 3 nitrogen and oxygen atoms in total. The number of pyridine rings is 1. The number of nitrogens with zero attached hydrogens (tertiary/aromatic N) is 2. The average molecular weight is 283 g/mol. The predicted octanol–water partition coefficient (Wildman–Crippen LogP) is 3.84. The van der Waals surface area contributed by atoms with Crippen LogP contribution in [0.3, 0.4) is 0 Å². The number of aromatic nitrogens is 1. The highest BCUT2D eigenvalue weighted by molar-refractivity contribution is 5.37. The van der Waals surface area contributed by atoms with Crippen molar-refractivity contribution in [2.24, 2.45) is 0 Å². The van der Waals surface area contributed by atoms with E-state index < -0.39 is 0 Å². The van der Waals surface area contributed by atoms with Gasteiger partial charge in [-0.25, -0.2) is 4.98 Å². The fraction of sp³-hybridized carbons (Fsp3) is 0.389. The van der Waals surface area contributed by atoms with Crippen LogP contribution in [0.15, 0.2) is 42.6 Å². The molecule has 1 aromatic carbocycles. The van der Waals surface area contributed by atoms with Gasteiger partial charge in [0.2, 0.25) is 0 Å². The van der Waals surface area contributed by atoms with Gasteiger partial charge in [0, 0.05) is 25.8 Å². The molecule has 0 unspecified atom stereocenters. The minimum absolute atomic E-state index is 0.928. The van der Waals surface area contributed by atoms with Gasteiger partial charge in [-0.1, -0.05) is 31.2 Å². The van der Waals surface area contributed by atoms with Gasteiger partial charge < -0.3 is 5.32 Å². The summed E-state index contributed by atoms with van der Waals surface area (Å²) < 4.78 is 0. The molecule has 0 aliphatic heterocycles. The standard InChI is InChI=1S/C18H25N3/c1-4-10-19-18-12-16(9-11-20-18)13-21(3)14-17-8-6-5-7-15(17)2/h5-9,11-12H,4,10,13-14H2,1-3H3,(H,19,20). The van der Waals surface area contributed by atoms with Crippen LogP contribution < -0.4 is 5.32 Å². The second-order valence-electron chi connectivity index (χ2n) is 5.57. The molecule has 0 saturated carbocycles. The van der Waals surface area contributed by atoms with Gasteiger partial charge in [0.05, 0.1) is 0 Å². The van der Waals surface area contributed by atoms with Crippen molar-refractivity contribution < 1.29 is 0 Å². The zero-order valence-electron chi connectivity index (χ0n) is 13.3. The van der Waals surface area contributed by atoms with Crippen molar-refractivity contribution in [1.29, 1.82) is 0 Å². The molecular formula is C18H25N3. The number of anilines is 1. The van der Waals surface area contributed by atoms with E-state index in [1.807, 2.05) is 6.20 Å². The highest BCUT2D eigenvalue weighted by Gasteiger charge is 2.05. The smallest absolute Gasteiger partial charge is 0.126 e. The lowest BCUT2D eigenvalue weighted by Crippen LogP contribution is -2.18. The van der Waals surface area contributed by atoms with Crippen molar-refractivity contribution in [3.8, 4) is 0 Å². The number of hydrogen-bond donors (Lipinski definition) is 1. The summed E-state index contributed by atoms with van der Waals surface area (Å²) in [6.07, 6.45) is 2.99. The first-order valence-corrected chi connectivity index (χ1v) is 7.61. The molecule has 21 heavy (non-hydrogen) atoms. The highest BCUT2D eigenvalue weighted by Crippen LogP contribution is 2.13. The van der Waals surface area contributed by atoms with E-state index >= 15 is 0 Å². The van der Waals surface area contributed by atoms with Crippen LogP contribution >= 0.6 is 0 Å². The molecule has 112 valence electrons. The van der Waals surface area contributed by atoms with E-state index in [-0.39, 0.29) is 0 Å². The Labute approximate surface area is 128 Å². The molecule has 0 aliphatic carbocycles. The molecule has 1 N–H and O–H groups in total. The molecular weight excluding hydrogens is 258 g/mol. The molecule has 2 aromatic rings. The molecule has 0 amide bonds. The Kier molecular flexibility index (Phi) is 5.76. The summed E-state index contributed by atoms with van der Waals surface area (Å²) in [5, 5.41) is 3.34. The summed E-state index contributed by atoms with van der Waals surface area (Å²) in [5.41, 5.74) is 4.03. The molecule has 1 heterocycles. The van der Waals surface area contributed by atoms with Crippen molar-refractivity contribution >= 4 is 5.82 Å². The Morgan fingerprint density at radius 3 is 2.71 bits per heavy atom. The zero-order valence-corrected chi connectivity index (χ0v) is 13.3. The van der Waals surface area contributed by atoms with Crippen molar-refractivity contribution in [2.75, 3.05) is 18.9 Å². The van der Waals surface area contributed by atoms with Gasteiger partial charge in [0.15, 0.2) is 0 Å². The molecule has 0 saturated heterocycles. The Morgan fingerprint density at radius 1 is 1.14 bits per heavy atom. The lowest BCUT2D eigenvalue weighted by Gasteiger charge is -2.18. The number of hydrogen-bond acceptors (Lipinski definition) is 3. The largest absolute Gasteiger partial charge is 0.370 e.